The third-order valence-electron chi connectivity index (χ3n) is 2.93. The number of benzene rings is 1. The molecule has 136 valence electrons. The van der Waals surface area contributed by atoms with Crippen LogP contribution in [0.15, 0.2) is 12.1 Å². The lowest BCUT2D eigenvalue weighted by Crippen LogP contribution is -2.06. The third-order valence-corrected chi connectivity index (χ3v) is 3.62. The molecule has 26 heavy (non-hydrogen) atoms. The highest BCUT2D eigenvalue weighted by molar-refractivity contribution is 6.39. The maximum Gasteiger partial charge on any atom is 0.306 e. The van der Waals surface area contributed by atoms with Crippen molar-refractivity contribution in [3.63, 3.8) is 0 Å². The van der Waals surface area contributed by atoms with Gasteiger partial charge >= 0.3 is 11.4 Å². The number of nitro benzene ring substituents is 3. The highest BCUT2D eigenvalue weighted by atomic mass is 35.5. The van der Waals surface area contributed by atoms with Gasteiger partial charge in [0.1, 0.15) is 10.0 Å². The Morgan fingerprint density at radius 3 is 1.62 bits per heavy atom. The molecule has 0 atom stereocenters. The Morgan fingerprint density at radius 1 is 0.846 bits per heavy atom. The average molecular weight is 410 g/mol. The largest absolute Gasteiger partial charge is 0.341 e. The van der Waals surface area contributed by atoms with Crippen molar-refractivity contribution in [2.75, 3.05) is 5.32 Å². The molecule has 15 heteroatoms. The van der Waals surface area contributed by atoms with Crippen molar-refractivity contribution in [3.05, 3.63) is 64.4 Å². The quantitative estimate of drug-likeness (QED) is 0.438. The number of anilines is 2. The van der Waals surface area contributed by atoms with Crippen LogP contribution in [0.4, 0.5) is 37.2 Å². The molecule has 2 aromatic rings. The molecule has 0 saturated carbocycles. The molecule has 2 rings (SSSR count). The molecular formula is C11H3Cl2F2N5O6. The zero-order valence-electron chi connectivity index (χ0n) is 11.9. The van der Waals surface area contributed by atoms with Crippen LogP contribution >= 0.6 is 23.2 Å². The lowest BCUT2D eigenvalue weighted by atomic mass is 10.2. The average Bonchev–Trinajstić information content (AvgIpc) is 2.55. The number of hydrogen-bond donors (Lipinski definition) is 1. The van der Waals surface area contributed by atoms with E-state index in [1.807, 2.05) is 5.32 Å². The number of nitro groups is 3. The predicted molar refractivity (Wildman–Crippen MR) is 83.9 cm³/mol. The van der Waals surface area contributed by atoms with Crippen LogP contribution < -0.4 is 5.32 Å². The zero-order chi connectivity index (χ0) is 19.8. The van der Waals surface area contributed by atoms with Gasteiger partial charge < -0.3 is 5.32 Å². The summed E-state index contributed by atoms with van der Waals surface area (Å²) in [6.07, 6.45) is 0. The summed E-state index contributed by atoms with van der Waals surface area (Å²) in [7, 11) is 0. The van der Waals surface area contributed by atoms with Gasteiger partial charge in [0.25, 0.3) is 5.69 Å². The molecule has 1 aromatic heterocycles. The lowest BCUT2D eigenvalue weighted by Gasteiger charge is -2.11. The molecule has 0 aliphatic rings. The number of non-ortho nitro benzene ring substituents is 1. The Kier molecular flexibility index (Phi) is 5.13. The number of nitrogens with one attached hydrogen (secondary N) is 1. The van der Waals surface area contributed by atoms with Crippen molar-refractivity contribution in [2.24, 2.45) is 0 Å². The van der Waals surface area contributed by atoms with Crippen LogP contribution in [0.5, 0.6) is 0 Å². The topological polar surface area (TPSA) is 154 Å². The van der Waals surface area contributed by atoms with Crippen molar-refractivity contribution in [1.82, 2.24) is 4.98 Å². The van der Waals surface area contributed by atoms with Crippen molar-refractivity contribution in [2.45, 2.75) is 0 Å². The first-order chi connectivity index (χ1) is 12.0. The highest BCUT2D eigenvalue weighted by Gasteiger charge is 2.32. The molecule has 1 N–H and O–H groups in total. The first kappa shape index (κ1) is 19.1. The van der Waals surface area contributed by atoms with Gasteiger partial charge in [0.05, 0.1) is 32.6 Å². The second kappa shape index (κ2) is 6.97. The normalized spacial score (nSPS) is 10.5. The van der Waals surface area contributed by atoms with Crippen molar-refractivity contribution < 1.29 is 23.6 Å². The molecule has 0 amide bonds. The molecule has 0 spiro atoms. The maximum atomic E-state index is 13.5. The number of rotatable bonds is 5. The summed E-state index contributed by atoms with van der Waals surface area (Å²) in [6.45, 7) is 0. The Morgan fingerprint density at radius 2 is 1.27 bits per heavy atom. The van der Waals surface area contributed by atoms with Crippen LogP contribution in [-0.2, 0) is 0 Å². The van der Waals surface area contributed by atoms with Crippen molar-refractivity contribution >= 4 is 51.6 Å². The van der Waals surface area contributed by atoms with E-state index in [4.69, 9.17) is 23.2 Å². The standard InChI is InChI=1S/C11H3Cl2F2N5O6/c12-6-9(7(13)11(15)17-10(6)14)16-8-4(19(23)24)1-3(18(21)22)2-5(8)20(25)26/h1-2H,(H,16,17). The Labute approximate surface area is 150 Å². The molecule has 0 unspecified atom stereocenters. The van der Waals surface area contributed by atoms with Crippen LogP contribution in [0.3, 0.4) is 0 Å². The molecule has 1 heterocycles. The Bertz CT molecular complexity index is 911. The number of pyridine rings is 1. The smallest absolute Gasteiger partial charge is 0.306 e. The van der Waals surface area contributed by atoms with E-state index in [0.29, 0.717) is 12.1 Å². The molecule has 0 radical (unpaired) electrons. The van der Waals surface area contributed by atoms with Crippen molar-refractivity contribution in [1.29, 1.82) is 0 Å². The molecule has 0 bridgehead atoms. The third kappa shape index (κ3) is 3.43. The summed E-state index contributed by atoms with van der Waals surface area (Å²) >= 11 is 11.1. The Balaban J connectivity index is 2.80. The molecular weight excluding hydrogens is 407 g/mol. The fourth-order valence-electron chi connectivity index (χ4n) is 1.84. The molecule has 0 saturated heterocycles. The fraction of sp³-hybridized carbons (Fsp3) is 0. The van der Waals surface area contributed by atoms with Crippen LogP contribution in [0.1, 0.15) is 0 Å². The SMILES string of the molecule is O=[N+]([O-])c1cc([N+](=O)[O-])c(Nc2c(Cl)c(F)nc(F)c2Cl)c([N+](=O)[O-])c1. The van der Waals surface area contributed by atoms with Crippen molar-refractivity contribution in [3.8, 4) is 0 Å². The fourth-order valence-corrected chi connectivity index (χ4v) is 2.26. The molecule has 1 aromatic carbocycles. The van der Waals surface area contributed by atoms with Gasteiger partial charge in [-0.3, -0.25) is 30.3 Å². The number of halogens is 4. The summed E-state index contributed by atoms with van der Waals surface area (Å²) in [5.74, 6) is -3.08. The number of nitrogens with zero attached hydrogens (tertiary/aromatic N) is 4. The molecule has 0 aliphatic carbocycles. The minimum absolute atomic E-state index is 0.422. The number of hydrogen-bond acceptors (Lipinski definition) is 8. The van der Waals surface area contributed by atoms with Crippen LogP contribution in [0.25, 0.3) is 0 Å². The van der Waals surface area contributed by atoms with E-state index < -0.39 is 65.1 Å². The summed E-state index contributed by atoms with van der Waals surface area (Å²) in [4.78, 5) is 32.4. The highest BCUT2D eigenvalue weighted by Crippen LogP contribution is 2.43. The first-order valence-electron chi connectivity index (χ1n) is 6.12. The summed E-state index contributed by atoms with van der Waals surface area (Å²) in [5, 5.41) is 33.3. The van der Waals surface area contributed by atoms with Gasteiger partial charge in [0.15, 0.2) is 5.69 Å². The molecule has 0 aliphatic heterocycles. The van der Waals surface area contributed by atoms with E-state index in [9.17, 15) is 39.1 Å². The molecule has 11 nitrogen and oxygen atoms in total. The van der Waals surface area contributed by atoms with Gasteiger partial charge in [0, 0.05) is 0 Å². The van der Waals surface area contributed by atoms with E-state index in [1.165, 1.54) is 0 Å². The van der Waals surface area contributed by atoms with E-state index >= 15 is 0 Å². The Hall–Kier alpha value is -3.19. The minimum Gasteiger partial charge on any atom is -0.341 e. The van der Waals surface area contributed by atoms with Crippen LogP contribution in [0, 0.1) is 42.2 Å². The summed E-state index contributed by atoms with van der Waals surface area (Å²) < 4.78 is 26.9. The van der Waals surface area contributed by atoms with E-state index in [0.717, 1.165) is 0 Å². The van der Waals surface area contributed by atoms with Gasteiger partial charge in [-0.1, -0.05) is 23.2 Å². The summed E-state index contributed by atoms with van der Waals surface area (Å²) in [6, 6.07) is 0.843. The monoisotopic (exact) mass is 409 g/mol. The van der Waals surface area contributed by atoms with Gasteiger partial charge in [-0.2, -0.15) is 13.8 Å². The van der Waals surface area contributed by atoms with Gasteiger partial charge in [0.2, 0.25) is 11.9 Å². The van der Waals surface area contributed by atoms with Gasteiger partial charge in [-0.15, -0.1) is 0 Å². The maximum absolute atomic E-state index is 13.5. The second-order valence-corrected chi connectivity index (χ2v) is 5.21. The van der Waals surface area contributed by atoms with E-state index in [1.54, 1.807) is 0 Å². The van der Waals surface area contributed by atoms with Crippen LogP contribution in [-0.4, -0.2) is 19.8 Å². The van der Waals surface area contributed by atoms with E-state index in [2.05, 4.69) is 4.98 Å². The minimum atomic E-state index is -1.54. The van der Waals surface area contributed by atoms with Gasteiger partial charge in [-0.05, 0) is 0 Å². The first-order valence-corrected chi connectivity index (χ1v) is 6.88. The van der Waals surface area contributed by atoms with E-state index in [-0.39, 0.29) is 0 Å². The summed E-state index contributed by atoms with van der Waals surface area (Å²) in [5.41, 5.74) is -4.87. The predicted octanol–water partition coefficient (Wildman–Crippen LogP) is 4.13. The van der Waals surface area contributed by atoms with Crippen LogP contribution in [0.2, 0.25) is 10.0 Å². The zero-order valence-corrected chi connectivity index (χ0v) is 13.4. The second-order valence-electron chi connectivity index (χ2n) is 4.45. The van der Waals surface area contributed by atoms with Gasteiger partial charge in [-0.25, -0.2) is 0 Å². The number of aromatic nitrogens is 1. The lowest BCUT2D eigenvalue weighted by molar-refractivity contribution is -0.401. The molecule has 0 fully saturated rings.